The topological polar surface area (TPSA) is 33.4 Å². The minimum absolute atomic E-state index is 0.256. The Labute approximate surface area is 80.7 Å². The number of rotatable bonds is 3. The Morgan fingerprint density at radius 2 is 2.33 bits per heavy atom. The van der Waals surface area contributed by atoms with Crippen LogP contribution in [-0.2, 0) is 6.42 Å². The van der Waals surface area contributed by atoms with Crippen molar-refractivity contribution >= 4 is 15.9 Å². The van der Waals surface area contributed by atoms with Gasteiger partial charge >= 0.3 is 0 Å². The Balaban J connectivity index is 2.57. The number of aliphatic hydroxyl groups excluding tert-OH is 1. The Hall–Kier alpha value is -0.280. The second kappa shape index (κ2) is 4.10. The van der Waals surface area contributed by atoms with E-state index in [1.54, 1.807) is 6.92 Å². The van der Waals surface area contributed by atoms with Gasteiger partial charge in [0.15, 0.2) is 4.67 Å². The van der Waals surface area contributed by atoms with Gasteiger partial charge in [-0.15, -0.1) is 0 Å². The summed E-state index contributed by atoms with van der Waals surface area (Å²) in [6, 6.07) is 1.94. The molecule has 0 radical (unpaired) electrons. The Morgan fingerprint density at radius 1 is 1.67 bits per heavy atom. The van der Waals surface area contributed by atoms with Crippen LogP contribution in [-0.4, -0.2) is 11.2 Å². The number of furan rings is 1. The van der Waals surface area contributed by atoms with Crippen LogP contribution in [0, 0.1) is 6.92 Å². The van der Waals surface area contributed by atoms with E-state index in [2.05, 4.69) is 15.9 Å². The van der Waals surface area contributed by atoms with Crippen LogP contribution in [0.1, 0.15) is 24.7 Å². The molecule has 0 bridgehead atoms. The summed E-state index contributed by atoms with van der Waals surface area (Å²) in [6.07, 6.45) is 1.30. The molecule has 0 aromatic carbocycles. The monoisotopic (exact) mass is 232 g/mol. The molecular weight excluding hydrogens is 220 g/mol. The lowest BCUT2D eigenvalue weighted by Gasteiger charge is -2.01. The lowest BCUT2D eigenvalue weighted by atomic mass is 10.1. The highest BCUT2D eigenvalue weighted by atomic mass is 79.9. The van der Waals surface area contributed by atoms with Crippen molar-refractivity contribution < 1.29 is 9.52 Å². The Kier molecular flexibility index (Phi) is 3.35. The van der Waals surface area contributed by atoms with Gasteiger partial charge < -0.3 is 9.52 Å². The van der Waals surface area contributed by atoms with Crippen LogP contribution in [0.5, 0.6) is 0 Å². The van der Waals surface area contributed by atoms with Crippen LogP contribution in [0.4, 0.5) is 0 Å². The van der Waals surface area contributed by atoms with Gasteiger partial charge in [-0.05, 0) is 47.8 Å². The van der Waals surface area contributed by atoms with E-state index in [1.807, 2.05) is 13.0 Å². The zero-order valence-corrected chi connectivity index (χ0v) is 8.89. The van der Waals surface area contributed by atoms with Crippen molar-refractivity contribution in [3.63, 3.8) is 0 Å². The second-order valence-corrected chi connectivity index (χ2v) is 3.83. The molecule has 1 aromatic rings. The maximum Gasteiger partial charge on any atom is 0.169 e. The van der Waals surface area contributed by atoms with E-state index in [0.717, 1.165) is 28.8 Å². The first kappa shape index (κ1) is 9.81. The highest BCUT2D eigenvalue weighted by Gasteiger charge is 2.06. The van der Waals surface area contributed by atoms with Crippen LogP contribution in [0.15, 0.2) is 15.2 Å². The highest BCUT2D eigenvalue weighted by Crippen LogP contribution is 2.20. The van der Waals surface area contributed by atoms with E-state index in [4.69, 9.17) is 9.52 Å². The predicted molar refractivity (Wildman–Crippen MR) is 51.1 cm³/mol. The SMILES string of the molecule is Cc1cc(Br)oc1CCC(C)O. The fraction of sp³-hybridized carbons (Fsp3) is 0.556. The van der Waals surface area contributed by atoms with E-state index in [9.17, 15) is 0 Å². The van der Waals surface area contributed by atoms with Crippen molar-refractivity contribution in [2.75, 3.05) is 0 Å². The first-order valence-corrected chi connectivity index (χ1v) is 4.81. The molecule has 1 rings (SSSR count). The number of aliphatic hydroxyl groups is 1. The van der Waals surface area contributed by atoms with Gasteiger partial charge in [0.25, 0.3) is 0 Å². The number of hydrogen-bond acceptors (Lipinski definition) is 2. The minimum Gasteiger partial charge on any atom is -0.454 e. The van der Waals surface area contributed by atoms with Gasteiger partial charge in [-0.3, -0.25) is 0 Å². The molecule has 1 aromatic heterocycles. The van der Waals surface area contributed by atoms with Crippen molar-refractivity contribution in [2.45, 2.75) is 32.8 Å². The third-order valence-corrected chi connectivity index (χ3v) is 2.17. The maximum atomic E-state index is 9.06. The van der Waals surface area contributed by atoms with Gasteiger partial charge in [-0.1, -0.05) is 0 Å². The first-order valence-electron chi connectivity index (χ1n) is 4.02. The molecule has 0 aliphatic heterocycles. The van der Waals surface area contributed by atoms with Crippen LogP contribution < -0.4 is 0 Å². The Bertz CT molecular complexity index is 253. The van der Waals surface area contributed by atoms with Crippen molar-refractivity contribution in [3.8, 4) is 0 Å². The van der Waals surface area contributed by atoms with E-state index < -0.39 is 0 Å². The molecule has 1 unspecified atom stereocenters. The Morgan fingerprint density at radius 3 is 2.75 bits per heavy atom. The van der Waals surface area contributed by atoms with Gasteiger partial charge in [0.2, 0.25) is 0 Å². The van der Waals surface area contributed by atoms with Crippen LogP contribution in [0.25, 0.3) is 0 Å². The van der Waals surface area contributed by atoms with Gasteiger partial charge in [-0.2, -0.15) is 0 Å². The van der Waals surface area contributed by atoms with E-state index in [0.29, 0.717) is 0 Å². The van der Waals surface area contributed by atoms with Crippen molar-refractivity contribution in [1.82, 2.24) is 0 Å². The molecule has 0 spiro atoms. The first-order chi connectivity index (χ1) is 5.59. The van der Waals surface area contributed by atoms with Crippen molar-refractivity contribution in [3.05, 3.63) is 22.1 Å². The molecule has 0 aliphatic carbocycles. The van der Waals surface area contributed by atoms with Crippen LogP contribution >= 0.6 is 15.9 Å². The molecule has 1 N–H and O–H groups in total. The molecule has 1 atom stereocenters. The molecule has 0 saturated heterocycles. The molecule has 68 valence electrons. The summed E-state index contributed by atoms with van der Waals surface area (Å²) in [5, 5.41) is 9.06. The zero-order chi connectivity index (χ0) is 9.14. The number of hydrogen-bond donors (Lipinski definition) is 1. The lowest BCUT2D eigenvalue weighted by Crippen LogP contribution is -2.01. The lowest BCUT2D eigenvalue weighted by molar-refractivity contribution is 0.182. The molecule has 0 fully saturated rings. The summed E-state index contributed by atoms with van der Waals surface area (Å²) in [7, 11) is 0. The van der Waals surface area contributed by atoms with E-state index in [-0.39, 0.29) is 6.10 Å². The quantitative estimate of drug-likeness (QED) is 0.870. The number of halogens is 1. The summed E-state index contributed by atoms with van der Waals surface area (Å²) in [5.41, 5.74) is 1.14. The average Bonchev–Trinajstić information content (AvgIpc) is 2.26. The molecule has 0 aliphatic rings. The molecule has 2 nitrogen and oxygen atoms in total. The summed E-state index contributed by atoms with van der Waals surface area (Å²) in [4.78, 5) is 0. The fourth-order valence-electron chi connectivity index (χ4n) is 1.07. The van der Waals surface area contributed by atoms with Crippen LogP contribution in [0.2, 0.25) is 0 Å². The van der Waals surface area contributed by atoms with Gasteiger partial charge in [0.1, 0.15) is 5.76 Å². The second-order valence-electron chi connectivity index (χ2n) is 3.04. The van der Waals surface area contributed by atoms with Crippen molar-refractivity contribution in [1.29, 1.82) is 0 Å². The largest absolute Gasteiger partial charge is 0.454 e. The molecule has 1 heterocycles. The molecule has 3 heteroatoms. The predicted octanol–water partition coefficient (Wildman–Crippen LogP) is 2.66. The third-order valence-electron chi connectivity index (χ3n) is 1.78. The normalized spacial score (nSPS) is 13.3. The van der Waals surface area contributed by atoms with Crippen molar-refractivity contribution in [2.24, 2.45) is 0 Å². The van der Waals surface area contributed by atoms with Gasteiger partial charge in [-0.25, -0.2) is 0 Å². The minimum atomic E-state index is -0.256. The zero-order valence-electron chi connectivity index (χ0n) is 7.30. The molecule has 12 heavy (non-hydrogen) atoms. The smallest absolute Gasteiger partial charge is 0.169 e. The van der Waals surface area contributed by atoms with Gasteiger partial charge in [0, 0.05) is 6.42 Å². The number of aryl methyl sites for hydroxylation is 2. The summed E-state index contributed by atoms with van der Waals surface area (Å²) in [5.74, 6) is 0.961. The average molecular weight is 233 g/mol. The van der Waals surface area contributed by atoms with E-state index >= 15 is 0 Å². The summed E-state index contributed by atoms with van der Waals surface area (Å²) < 4.78 is 6.13. The maximum absolute atomic E-state index is 9.06. The standard InChI is InChI=1S/C9H13BrO2/c1-6-5-9(10)12-8(6)4-3-7(2)11/h5,7,11H,3-4H2,1-2H3. The molecule has 0 saturated carbocycles. The van der Waals surface area contributed by atoms with Crippen LogP contribution in [0.3, 0.4) is 0 Å². The van der Waals surface area contributed by atoms with Gasteiger partial charge in [0.05, 0.1) is 6.10 Å². The third kappa shape index (κ3) is 2.64. The van der Waals surface area contributed by atoms with E-state index in [1.165, 1.54) is 0 Å². The fourth-order valence-corrected chi connectivity index (χ4v) is 1.61. The summed E-state index contributed by atoms with van der Waals surface area (Å²) >= 11 is 3.26. The molecule has 0 amide bonds. The molecular formula is C9H13BrO2. The summed E-state index contributed by atoms with van der Waals surface area (Å²) in [6.45, 7) is 3.79. The highest BCUT2D eigenvalue weighted by molar-refractivity contribution is 9.10.